The van der Waals surface area contributed by atoms with E-state index >= 15 is 0 Å². The summed E-state index contributed by atoms with van der Waals surface area (Å²) in [4.78, 5) is 25.4. The first-order valence-corrected chi connectivity index (χ1v) is 8.56. The van der Waals surface area contributed by atoms with E-state index in [4.69, 9.17) is 5.11 Å². The van der Waals surface area contributed by atoms with Gasteiger partial charge in [-0.15, -0.1) is 11.3 Å². The SMILES string of the molecule is Cc1cc2c(s1)CCC1CC(=O)N(CCCCC(=O)O)N=C21. The van der Waals surface area contributed by atoms with Crippen molar-refractivity contribution >= 4 is 28.9 Å². The number of fused-ring (bicyclic) bond motifs is 3. The van der Waals surface area contributed by atoms with Crippen LogP contribution >= 0.6 is 11.3 Å². The van der Waals surface area contributed by atoms with Crippen LogP contribution in [0.15, 0.2) is 11.2 Å². The summed E-state index contributed by atoms with van der Waals surface area (Å²) in [5.74, 6) is -0.467. The number of nitrogens with zero attached hydrogens (tertiary/aromatic N) is 2. The maximum Gasteiger partial charge on any atom is 0.303 e. The van der Waals surface area contributed by atoms with Gasteiger partial charge in [-0.3, -0.25) is 9.59 Å². The van der Waals surface area contributed by atoms with Crippen molar-refractivity contribution in [1.29, 1.82) is 0 Å². The number of carbonyl (C=O) groups excluding carboxylic acids is 1. The molecule has 118 valence electrons. The lowest BCUT2D eigenvalue weighted by atomic mass is 9.83. The van der Waals surface area contributed by atoms with Gasteiger partial charge in [0.25, 0.3) is 0 Å². The molecule has 0 radical (unpaired) electrons. The number of rotatable bonds is 5. The smallest absolute Gasteiger partial charge is 0.303 e. The van der Waals surface area contributed by atoms with E-state index in [-0.39, 0.29) is 18.2 Å². The molecule has 2 heterocycles. The number of aliphatic carboxylic acids is 1. The molecule has 1 amide bonds. The Morgan fingerprint density at radius 3 is 3.09 bits per heavy atom. The standard InChI is InChI=1S/C16H20N2O3S/c1-10-8-12-13(22-10)6-5-11-9-14(19)18(17-16(11)12)7-3-2-4-15(20)21/h8,11H,2-7,9H2,1H3,(H,20,21). The summed E-state index contributed by atoms with van der Waals surface area (Å²) < 4.78 is 0. The molecule has 0 aromatic carbocycles. The number of hydrogen-bond donors (Lipinski definition) is 1. The number of hydrazone groups is 1. The van der Waals surface area contributed by atoms with Crippen LogP contribution in [0, 0.1) is 12.8 Å². The van der Waals surface area contributed by atoms with Crippen LogP contribution in [0.5, 0.6) is 0 Å². The van der Waals surface area contributed by atoms with Crippen molar-refractivity contribution in [1.82, 2.24) is 5.01 Å². The predicted molar refractivity (Wildman–Crippen MR) is 85.2 cm³/mol. The number of amides is 1. The fraction of sp³-hybridized carbons (Fsp3) is 0.562. The Bertz CT molecular complexity index is 635. The van der Waals surface area contributed by atoms with Crippen LogP contribution in [0.4, 0.5) is 0 Å². The van der Waals surface area contributed by atoms with Gasteiger partial charge >= 0.3 is 5.97 Å². The van der Waals surface area contributed by atoms with Crippen molar-refractivity contribution in [2.75, 3.05) is 6.54 Å². The van der Waals surface area contributed by atoms with Gasteiger partial charge in [-0.05, 0) is 38.7 Å². The van der Waals surface area contributed by atoms with E-state index in [0.29, 0.717) is 25.8 Å². The second kappa shape index (κ2) is 6.20. The van der Waals surface area contributed by atoms with Crippen LogP contribution < -0.4 is 0 Å². The zero-order valence-electron chi connectivity index (χ0n) is 12.7. The minimum atomic E-state index is -0.790. The zero-order valence-corrected chi connectivity index (χ0v) is 13.5. The number of thiophene rings is 1. The Kier molecular flexibility index (Phi) is 4.29. The maximum absolute atomic E-state index is 12.2. The topological polar surface area (TPSA) is 70.0 Å². The quantitative estimate of drug-likeness (QED) is 0.848. The Hall–Kier alpha value is -1.69. The second-order valence-corrected chi connectivity index (χ2v) is 7.33. The molecule has 0 saturated carbocycles. The molecule has 0 fully saturated rings. The fourth-order valence-electron chi connectivity index (χ4n) is 3.18. The molecule has 1 atom stereocenters. The lowest BCUT2D eigenvalue weighted by Crippen LogP contribution is -2.39. The van der Waals surface area contributed by atoms with Crippen LogP contribution in [0.3, 0.4) is 0 Å². The van der Waals surface area contributed by atoms with Crippen molar-refractivity contribution in [3.8, 4) is 0 Å². The molecule has 0 spiro atoms. The summed E-state index contributed by atoms with van der Waals surface area (Å²) in [5.41, 5.74) is 2.28. The van der Waals surface area contributed by atoms with Gasteiger partial charge in [-0.2, -0.15) is 5.10 Å². The minimum Gasteiger partial charge on any atom is -0.481 e. The predicted octanol–water partition coefficient (Wildman–Crippen LogP) is 2.81. The summed E-state index contributed by atoms with van der Waals surface area (Å²) >= 11 is 1.82. The third-order valence-electron chi connectivity index (χ3n) is 4.26. The van der Waals surface area contributed by atoms with Crippen molar-refractivity contribution in [2.45, 2.75) is 45.4 Å². The molecule has 1 N–H and O–H groups in total. The van der Waals surface area contributed by atoms with Gasteiger partial charge in [0.1, 0.15) is 0 Å². The Labute approximate surface area is 133 Å². The molecule has 3 rings (SSSR count). The Morgan fingerprint density at radius 1 is 1.50 bits per heavy atom. The Morgan fingerprint density at radius 2 is 2.32 bits per heavy atom. The first kappa shape index (κ1) is 15.2. The molecule has 1 aliphatic heterocycles. The zero-order chi connectivity index (χ0) is 15.7. The van der Waals surface area contributed by atoms with Gasteiger partial charge in [-0.1, -0.05) is 0 Å². The normalized spacial score (nSPS) is 20.4. The van der Waals surface area contributed by atoms with Crippen LogP contribution in [-0.2, 0) is 16.0 Å². The van der Waals surface area contributed by atoms with Crippen molar-refractivity contribution < 1.29 is 14.7 Å². The molecule has 1 aromatic rings. The minimum absolute atomic E-state index is 0.0690. The molecule has 1 unspecified atom stereocenters. The summed E-state index contributed by atoms with van der Waals surface area (Å²) in [6, 6.07) is 2.18. The molecule has 1 aliphatic carbocycles. The number of carboxylic acid groups (broad SMARTS) is 1. The first-order chi connectivity index (χ1) is 10.5. The molecule has 22 heavy (non-hydrogen) atoms. The van der Waals surface area contributed by atoms with Crippen LogP contribution in [0.1, 0.15) is 47.4 Å². The van der Waals surface area contributed by atoms with Gasteiger partial charge in [-0.25, -0.2) is 5.01 Å². The van der Waals surface area contributed by atoms with Gasteiger partial charge < -0.3 is 5.11 Å². The lowest BCUT2D eigenvalue weighted by molar-refractivity contribution is -0.137. The average Bonchev–Trinajstić information content (AvgIpc) is 2.84. The maximum atomic E-state index is 12.2. The molecule has 0 bridgehead atoms. The van der Waals surface area contributed by atoms with Crippen molar-refractivity contribution in [3.05, 3.63) is 21.4 Å². The lowest BCUT2D eigenvalue weighted by Gasteiger charge is -2.32. The van der Waals surface area contributed by atoms with Gasteiger partial charge in [0.2, 0.25) is 5.91 Å². The van der Waals surface area contributed by atoms with Crippen LogP contribution in [0.25, 0.3) is 0 Å². The van der Waals surface area contributed by atoms with Gasteiger partial charge in [0, 0.05) is 40.6 Å². The van der Waals surface area contributed by atoms with E-state index in [9.17, 15) is 9.59 Å². The highest BCUT2D eigenvalue weighted by Gasteiger charge is 2.34. The third-order valence-corrected chi connectivity index (χ3v) is 5.37. The van der Waals surface area contributed by atoms with E-state index < -0.39 is 5.97 Å². The number of hydrogen-bond acceptors (Lipinski definition) is 4. The molecule has 2 aliphatic rings. The van der Waals surface area contributed by atoms with Crippen LogP contribution in [0.2, 0.25) is 0 Å². The summed E-state index contributed by atoms with van der Waals surface area (Å²) in [5, 5.41) is 14.8. The third kappa shape index (κ3) is 3.06. The summed E-state index contributed by atoms with van der Waals surface area (Å²) in [6.45, 7) is 2.62. The van der Waals surface area contributed by atoms with Crippen LogP contribution in [-0.4, -0.2) is 34.2 Å². The van der Waals surface area contributed by atoms with E-state index in [1.165, 1.54) is 15.3 Å². The largest absolute Gasteiger partial charge is 0.481 e. The highest BCUT2D eigenvalue weighted by molar-refractivity contribution is 7.12. The molecule has 1 aromatic heterocycles. The fourth-order valence-corrected chi connectivity index (χ4v) is 4.23. The monoisotopic (exact) mass is 320 g/mol. The second-order valence-electron chi connectivity index (χ2n) is 5.99. The van der Waals surface area contributed by atoms with E-state index in [2.05, 4.69) is 18.1 Å². The molecule has 0 saturated heterocycles. The summed E-state index contributed by atoms with van der Waals surface area (Å²) in [7, 11) is 0. The van der Waals surface area contributed by atoms with Gasteiger partial charge in [0.15, 0.2) is 0 Å². The number of unbranched alkanes of at least 4 members (excludes halogenated alkanes) is 1. The van der Waals surface area contributed by atoms with Crippen molar-refractivity contribution in [2.24, 2.45) is 11.0 Å². The first-order valence-electron chi connectivity index (χ1n) is 7.75. The van der Waals surface area contributed by atoms with Gasteiger partial charge in [0.05, 0.1) is 5.71 Å². The number of carboxylic acids is 1. The summed E-state index contributed by atoms with van der Waals surface area (Å²) in [6.07, 6.45) is 3.99. The molecule has 6 heteroatoms. The number of aryl methyl sites for hydroxylation is 2. The Balaban J connectivity index is 1.74. The molecular weight excluding hydrogens is 300 g/mol. The van der Waals surface area contributed by atoms with E-state index in [0.717, 1.165) is 18.6 Å². The number of carbonyl (C=O) groups is 2. The highest BCUT2D eigenvalue weighted by atomic mass is 32.1. The molecule has 5 nitrogen and oxygen atoms in total. The average molecular weight is 320 g/mol. The van der Waals surface area contributed by atoms with E-state index in [1.807, 2.05) is 11.3 Å². The van der Waals surface area contributed by atoms with E-state index in [1.54, 1.807) is 5.01 Å². The highest BCUT2D eigenvalue weighted by Crippen LogP contribution is 2.36. The molecular formula is C16H20N2O3S. The van der Waals surface area contributed by atoms with Crippen molar-refractivity contribution in [3.63, 3.8) is 0 Å².